The van der Waals surface area contributed by atoms with Gasteiger partial charge in [0.25, 0.3) is 0 Å². The lowest BCUT2D eigenvalue weighted by molar-refractivity contribution is -0.141. The zero-order chi connectivity index (χ0) is 13.3. The normalized spacial score (nSPS) is 19.3. The molecule has 1 N–H and O–H groups in total. The Labute approximate surface area is 114 Å². The van der Waals surface area contributed by atoms with E-state index < -0.39 is 11.9 Å². The quantitative estimate of drug-likeness (QED) is 0.929. The summed E-state index contributed by atoms with van der Waals surface area (Å²) in [6, 6.07) is 5.11. The molecule has 1 amide bonds. The number of halogens is 2. The number of benzene rings is 1. The molecule has 6 heteroatoms. The Hall–Kier alpha value is -1.26. The molecule has 2 rings (SSSR count). The molecule has 18 heavy (non-hydrogen) atoms. The average molecular weight is 288 g/mol. The molecule has 1 heterocycles. The summed E-state index contributed by atoms with van der Waals surface area (Å²) in [7, 11) is 0. The molecule has 0 aliphatic carbocycles. The first-order chi connectivity index (χ1) is 8.49. The van der Waals surface area contributed by atoms with Crippen molar-refractivity contribution >= 4 is 35.1 Å². The van der Waals surface area contributed by atoms with Crippen LogP contribution in [0.25, 0.3) is 0 Å². The van der Waals surface area contributed by atoms with E-state index in [0.717, 1.165) is 0 Å². The van der Waals surface area contributed by atoms with Crippen molar-refractivity contribution in [1.29, 1.82) is 0 Å². The summed E-state index contributed by atoms with van der Waals surface area (Å²) < 4.78 is 0. The number of carboxylic acid groups (broad SMARTS) is 1. The third-order valence-corrected chi connectivity index (χ3v) is 3.68. The topological polar surface area (TPSA) is 57.6 Å². The number of aliphatic carboxylic acids is 1. The maximum atomic E-state index is 11.7. The number of rotatable bonds is 3. The molecular formula is C12H11Cl2NO3. The van der Waals surface area contributed by atoms with E-state index in [9.17, 15) is 9.59 Å². The van der Waals surface area contributed by atoms with Crippen molar-refractivity contribution in [3.05, 3.63) is 33.8 Å². The largest absolute Gasteiger partial charge is 0.481 e. The van der Waals surface area contributed by atoms with Crippen molar-refractivity contribution in [3.63, 3.8) is 0 Å². The molecule has 1 saturated heterocycles. The van der Waals surface area contributed by atoms with Crippen molar-refractivity contribution in [3.8, 4) is 0 Å². The first-order valence-electron chi connectivity index (χ1n) is 5.42. The molecular weight excluding hydrogens is 277 g/mol. The molecule has 1 fully saturated rings. The first kappa shape index (κ1) is 13.2. The summed E-state index contributed by atoms with van der Waals surface area (Å²) in [6.07, 6.45) is 0.0391. The van der Waals surface area contributed by atoms with Crippen LogP contribution in [-0.4, -0.2) is 28.4 Å². The second-order valence-corrected chi connectivity index (χ2v) is 5.03. The van der Waals surface area contributed by atoms with E-state index in [1.165, 1.54) is 4.90 Å². The van der Waals surface area contributed by atoms with Crippen LogP contribution in [-0.2, 0) is 16.1 Å². The van der Waals surface area contributed by atoms with E-state index in [-0.39, 0.29) is 25.4 Å². The minimum atomic E-state index is -0.948. The molecule has 0 unspecified atom stereocenters. The van der Waals surface area contributed by atoms with Crippen molar-refractivity contribution in [2.45, 2.75) is 13.0 Å². The molecule has 0 spiro atoms. The van der Waals surface area contributed by atoms with Crippen LogP contribution in [0, 0.1) is 5.92 Å². The van der Waals surface area contributed by atoms with Gasteiger partial charge >= 0.3 is 5.97 Å². The number of carbonyl (C=O) groups is 2. The third kappa shape index (κ3) is 2.60. The molecule has 96 valence electrons. The Balaban J connectivity index is 2.15. The highest BCUT2D eigenvalue weighted by Crippen LogP contribution is 2.28. The minimum absolute atomic E-state index is 0.0391. The van der Waals surface area contributed by atoms with Gasteiger partial charge in [-0.25, -0.2) is 0 Å². The molecule has 0 aromatic heterocycles. The van der Waals surface area contributed by atoms with Crippen LogP contribution in [0.2, 0.25) is 10.0 Å². The highest BCUT2D eigenvalue weighted by molar-refractivity contribution is 6.36. The number of hydrogen-bond acceptors (Lipinski definition) is 2. The van der Waals surface area contributed by atoms with Gasteiger partial charge in [0.2, 0.25) is 5.91 Å². The van der Waals surface area contributed by atoms with Gasteiger partial charge in [0.15, 0.2) is 0 Å². The van der Waals surface area contributed by atoms with Gasteiger partial charge in [-0.2, -0.15) is 0 Å². The van der Waals surface area contributed by atoms with Crippen LogP contribution < -0.4 is 0 Å². The molecule has 0 radical (unpaired) electrons. The van der Waals surface area contributed by atoms with Gasteiger partial charge in [-0.05, 0) is 12.1 Å². The predicted molar refractivity (Wildman–Crippen MR) is 67.6 cm³/mol. The van der Waals surface area contributed by atoms with Crippen LogP contribution in [0.15, 0.2) is 18.2 Å². The maximum Gasteiger partial charge on any atom is 0.308 e. The second-order valence-electron chi connectivity index (χ2n) is 4.21. The van der Waals surface area contributed by atoms with Gasteiger partial charge in [-0.15, -0.1) is 0 Å². The molecule has 1 aliphatic heterocycles. The van der Waals surface area contributed by atoms with E-state index in [0.29, 0.717) is 15.6 Å². The summed E-state index contributed by atoms with van der Waals surface area (Å²) in [5.74, 6) is -1.77. The van der Waals surface area contributed by atoms with E-state index >= 15 is 0 Å². The average Bonchev–Trinajstić information content (AvgIpc) is 2.66. The zero-order valence-electron chi connectivity index (χ0n) is 9.40. The number of likely N-dealkylation sites (tertiary alicyclic amines) is 1. The van der Waals surface area contributed by atoms with E-state index in [1.54, 1.807) is 18.2 Å². The van der Waals surface area contributed by atoms with Gasteiger partial charge in [-0.1, -0.05) is 29.3 Å². The summed E-state index contributed by atoms with van der Waals surface area (Å²) in [6.45, 7) is 0.455. The lowest BCUT2D eigenvalue weighted by Crippen LogP contribution is -2.26. The number of nitrogens with zero attached hydrogens (tertiary/aromatic N) is 1. The van der Waals surface area contributed by atoms with Gasteiger partial charge in [-0.3, -0.25) is 9.59 Å². The molecule has 1 atom stereocenters. The fraction of sp³-hybridized carbons (Fsp3) is 0.333. The predicted octanol–water partition coefficient (Wildman–Crippen LogP) is 2.43. The van der Waals surface area contributed by atoms with Crippen LogP contribution in [0.3, 0.4) is 0 Å². The van der Waals surface area contributed by atoms with Crippen molar-refractivity contribution < 1.29 is 14.7 Å². The fourth-order valence-corrected chi connectivity index (χ4v) is 2.48. The minimum Gasteiger partial charge on any atom is -0.481 e. The summed E-state index contributed by atoms with van der Waals surface area (Å²) >= 11 is 12.0. The molecule has 1 aromatic rings. The van der Waals surface area contributed by atoms with Crippen LogP contribution in [0.1, 0.15) is 12.0 Å². The first-order valence-corrected chi connectivity index (χ1v) is 6.18. The molecule has 4 nitrogen and oxygen atoms in total. The van der Waals surface area contributed by atoms with Crippen LogP contribution >= 0.6 is 23.2 Å². The van der Waals surface area contributed by atoms with E-state index in [4.69, 9.17) is 28.3 Å². The molecule has 1 aromatic carbocycles. The third-order valence-electron chi connectivity index (χ3n) is 2.97. The monoisotopic (exact) mass is 287 g/mol. The Kier molecular flexibility index (Phi) is 3.78. The van der Waals surface area contributed by atoms with E-state index in [1.807, 2.05) is 0 Å². The SMILES string of the molecule is O=C(O)[C@@H]1CC(=O)N(Cc2c(Cl)cccc2Cl)C1. The number of hydrogen-bond donors (Lipinski definition) is 1. The van der Waals surface area contributed by atoms with Crippen LogP contribution in [0.5, 0.6) is 0 Å². The molecule has 0 saturated carbocycles. The smallest absolute Gasteiger partial charge is 0.308 e. The van der Waals surface area contributed by atoms with Crippen molar-refractivity contribution in [2.75, 3.05) is 6.54 Å². The summed E-state index contributed by atoms with van der Waals surface area (Å²) in [5.41, 5.74) is 0.653. The zero-order valence-corrected chi connectivity index (χ0v) is 10.9. The Morgan fingerprint density at radius 2 is 2.00 bits per heavy atom. The molecule has 1 aliphatic rings. The number of carboxylic acids is 1. The Morgan fingerprint density at radius 3 is 2.50 bits per heavy atom. The van der Waals surface area contributed by atoms with Gasteiger partial charge in [0.1, 0.15) is 0 Å². The fourth-order valence-electron chi connectivity index (χ4n) is 1.96. The van der Waals surface area contributed by atoms with E-state index in [2.05, 4.69) is 0 Å². The number of amides is 1. The van der Waals surface area contributed by atoms with Crippen molar-refractivity contribution in [1.82, 2.24) is 4.90 Å². The summed E-state index contributed by atoms with van der Waals surface area (Å²) in [4.78, 5) is 24.0. The lowest BCUT2D eigenvalue weighted by Gasteiger charge is -2.17. The highest BCUT2D eigenvalue weighted by Gasteiger charge is 2.34. The Bertz CT molecular complexity index is 484. The molecule has 0 bridgehead atoms. The maximum absolute atomic E-state index is 11.7. The second kappa shape index (κ2) is 5.16. The standard InChI is InChI=1S/C12H11Cl2NO3/c13-9-2-1-3-10(14)8(9)6-15-5-7(12(17)18)4-11(15)16/h1-3,7H,4-6H2,(H,17,18)/t7-/m1/s1. The van der Waals surface area contributed by atoms with Crippen molar-refractivity contribution in [2.24, 2.45) is 5.92 Å². The highest BCUT2D eigenvalue weighted by atomic mass is 35.5. The van der Waals surface area contributed by atoms with Crippen LogP contribution in [0.4, 0.5) is 0 Å². The van der Waals surface area contributed by atoms with Gasteiger partial charge < -0.3 is 10.0 Å². The van der Waals surface area contributed by atoms with Gasteiger partial charge in [0, 0.05) is 35.1 Å². The van der Waals surface area contributed by atoms with Gasteiger partial charge in [0.05, 0.1) is 5.92 Å². The summed E-state index contributed by atoms with van der Waals surface area (Å²) in [5, 5.41) is 9.85. The number of carbonyl (C=O) groups excluding carboxylic acids is 1. The Morgan fingerprint density at radius 1 is 1.39 bits per heavy atom. The lowest BCUT2D eigenvalue weighted by atomic mass is 10.1.